The van der Waals surface area contributed by atoms with Crippen molar-refractivity contribution in [2.24, 2.45) is 0 Å². The Hall–Kier alpha value is -2.97. The van der Waals surface area contributed by atoms with Crippen molar-refractivity contribution in [1.82, 2.24) is 9.38 Å². The molecule has 2 aromatic heterocycles. The summed E-state index contributed by atoms with van der Waals surface area (Å²) in [5, 5.41) is 0. The Labute approximate surface area is 213 Å². The Balaban J connectivity index is 1.83. The number of carbonyl (C=O) groups is 2. The SMILES string of the molecule is C=CCOC1(C)CCN(c2c(C(=O)C(=O)OCC)c(C)cn3cc(-c4cccc(Br)c4)nc23)CC1. The molecule has 1 aliphatic heterocycles. The topological polar surface area (TPSA) is 73.1 Å². The lowest BCUT2D eigenvalue weighted by Gasteiger charge is -2.40. The molecule has 0 saturated carbocycles. The average molecular weight is 540 g/mol. The number of imidazole rings is 1. The predicted octanol–water partition coefficient (Wildman–Crippen LogP) is 5.38. The zero-order valence-corrected chi connectivity index (χ0v) is 21.9. The molecule has 8 heteroatoms. The van der Waals surface area contributed by atoms with Crippen molar-refractivity contribution in [2.75, 3.05) is 31.2 Å². The largest absolute Gasteiger partial charge is 0.460 e. The van der Waals surface area contributed by atoms with Crippen molar-refractivity contribution >= 4 is 39.0 Å². The minimum atomic E-state index is -0.851. The van der Waals surface area contributed by atoms with Crippen molar-refractivity contribution in [2.45, 2.75) is 39.2 Å². The Bertz CT molecular complexity index is 1270. The summed E-state index contributed by atoms with van der Waals surface area (Å²) in [6.07, 6.45) is 7.10. The van der Waals surface area contributed by atoms with Gasteiger partial charge in [0.15, 0.2) is 5.65 Å². The van der Waals surface area contributed by atoms with Crippen LogP contribution < -0.4 is 4.90 Å². The van der Waals surface area contributed by atoms with Crippen LogP contribution in [0.2, 0.25) is 0 Å². The van der Waals surface area contributed by atoms with Crippen molar-refractivity contribution in [3.8, 4) is 11.3 Å². The fourth-order valence-corrected chi connectivity index (χ4v) is 4.92. The molecular formula is C27H30BrN3O4. The van der Waals surface area contributed by atoms with Gasteiger partial charge in [-0.05, 0) is 51.3 Å². The van der Waals surface area contributed by atoms with E-state index in [1.807, 2.05) is 48.0 Å². The number of halogens is 1. The van der Waals surface area contributed by atoms with E-state index in [1.54, 1.807) is 13.0 Å². The number of hydrogen-bond acceptors (Lipinski definition) is 6. The summed E-state index contributed by atoms with van der Waals surface area (Å²) in [5.41, 5.74) is 3.80. The molecule has 184 valence electrons. The highest BCUT2D eigenvalue weighted by Gasteiger charge is 2.35. The highest BCUT2D eigenvalue weighted by molar-refractivity contribution is 9.10. The number of piperidine rings is 1. The number of ketones is 1. The van der Waals surface area contributed by atoms with Crippen LogP contribution in [0.5, 0.6) is 0 Å². The molecule has 4 rings (SSSR count). The maximum Gasteiger partial charge on any atom is 0.379 e. The van der Waals surface area contributed by atoms with Gasteiger partial charge in [-0.15, -0.1) is 6.58 Å². The smallest absolute Gasteiger partial charge is 0.379 e. The first-order valence-corrected chi connectivity index (χ1v) is 12.5. The number of ether oxygens (including phenoxy) is 2. The molecule has 0 N–H and O–H groups in total. The third-order valence-corrected chi connectivity index (χ3v) is 6.90. The first-order valence-electron chi connectivity index (χ1n) is 11.8. The van der Waals surface area contributed by atoms with E-state index in [4.69, 9.17) is 14.5 Å². The summed E-state index contributed by atoms with van der Waals surface area (Å²) in [4.78, 5) is 32.8. The second kappa shape index (κ2) is 10.3. The molecule has 0 atom stereocenters. The Morgan fingerprint density at radius 3 is 2.66 bits per heavy atom. The van der Waals surface area contributed by atoms with Crippen molar-refractivity contribution in [3.05, 3.63) is 64.9 Å². The average Bonchev–Trinajstić information content (AvgIpc) is 3.26. The van der Waals surface area contributed by atoms with Crippen LogP contribution in [0.15, 0.2) is 53.8 Å². The van der Waals surface area contributed by atoms with Gasteiger partial charge in [0.1, 0.15) is 0 Å². The maximum atomic E-state index is 13.3. The van der Waals surface area contributed by atoms with E-state index >= 15 is 0 Å². The van der Waals surface area contributed by atoms with E-state index in [2.05, 4.69) is 34.3 Å². The number of esters is 1. The lowest BCUT2D eigenvalue weighted by molar-refractivity contribution is -0.137. The van der Waals surface area contributed by atoms with E-state index < -0.39 is 11.8 Å². The number of pyridine rings is 1. The van der Waals surface area contributed by atoms with Crippen molar-refractivity contribution in [3.63, 3.8) is 0 Å². The molecule has 0 bridgehead atoms. The molecule has 1 aromatic carbocycles. The summed E-state index contributed by atoms with van der Waals surface area (Å²) >= 11 is 3.52. The zero-order valence-electron chi connectivity index (χ0n) is 20.3. The summed E-state index contributed by atoms with van der Waals surface area (Å²) in [7, 11) is 0. The second-order valence-electron chi connectivity index (χ2n) is 8.99. The van der Waals surface area contributed by atoms with E-state index in [-0.39, 0.29) is 12.2 Å². The highest BCUT2D eigenvalue weighted by atomic mass is 79.9. The van der Waals surface area contributed by atoms with Crippen LogP contribution in [-0.2, 0) is 14.3 Å². The molecule has 35 heavy (non-hydrogen) atoms. The normalized spacial score (nSPS) is 15.3. The number of carbonyl (C=O) groups excluding carboxylic acids is 2. The fourth-order valence-electron chi connectivity index (χ4n) is 4.52. The summed E-state index contributed by atoms with van der Waals surface area (Å²) in [5.74, 6) is -1.50. The van der Waals surface area contributed by atoms with Crippen LogP contribution in [0.1, 0.15) is 42.6 Å². The van der Waals surface area contributed by atoms with Gasteiger partial charge in [-0.3, -0.25) is 4.79 Å². The van der Waals surface area contributed by atoms with Gasteiger partial charge >= 0.3 is 5.97 Å². The number of anilines is 1. The van der Waals surface area contributed by atoms with Gasteiger partial charge in [0.05, 0.1) is 35.8 Å². The van der Waals surface area contributed by atoms with Crippen LogP contribution in [-0.4, -0.2) is 53.0 Å². The monoisotopic (exact) mass is 539 g/mol. The van der Waals surface area contributed by atoms with E-state index in [0.29, 0.717) is 42.2 Å². The number of Topliss-reactive ketones (excluding diaryl/α,β-unsaturated/α-hetero) is 1. The third kappa shape index (κ3) is 5.18. The van der Waals surface area contributed by atoms with Crippen LogP contribution in [0.3, 0.4) is 0 Å². The number of aromatic nitrogens is 2. The van der Waals surface area contributed by atoms with E-state index in [0.717, 1.165) is 28.6 Å². The van der Waals surface area contributed by atoms with Gasteiger partial charge in [-0.2, -0.15) is 0 Å². The van der Waals surface area contributed by atoms with Gasteiger partial charge in [0, 0.05) is 35.5 Å². The number of aryl methyl sites for hydroxylation is 1. The van der Waals surface area contributed by atoms with Gasteiger partial charge in [-0.1, -0.05) is 34.1 Å². The summed E-state index contributed by atoms with van der Waals surface area (Å²) in [6.45, 7) is 11.3. The highest BCUT2D eigenvalue weighted by Crippen LogP contribution is 2.36. The first kappa shape index (κ1) is 25.1. The predicted molar refractivity (Wildman–Crippen MR) is 140 cm³/mol. The Morgan fingerprint density at radius 2 is 2.00 bits per heavy atom. The Morgan fingerprint density at radius 1 is 1.26 bits per heavy atom. The minimum absolute atomic E-state index is 0.139. The molecule has 1 aliphatic rings. The number of nitrogens with zero attached hydrogens (tertiary/aromatic N) is 3. The molecule has 3 heterocycles. The quantitative estimate of drug-likeness (QED) is 0.165. The number of fused-ring (bicyclic) bond motifs is 1. The molecule has 0 spiro atoms. The zero-order chi connectivity index (χ0) is 25.2. The molecule has 0 radical (unpaired) electrons. The Kier molecular flexibility index (Phi) is 7.42. The van der Waals surface area contributed by atoms with Gasteiger partial charge in [-0.25, -0.2) is 9.78 Å². The van der Waals surface area contributed by atoms with Crippen LogP contribution >= 0.6 is 15.9 Å². The van der Waals surface area contributed by atoms with Crippen LogP contribution in [0, 0.1) is 6.92 Å². The standard InChI is InChI=1S/C27H30BrN3O4/c1-5-14-35-27(4)10-12-30(13-11-27)23-22(24(32)26(33)34-6-2)18(3)16-31-17-21(29-25(23)31)19-8-7-9-20(28)15-19/h5,7-9,15-17H,1,6,10-14H2,2-4H3. The number of hydrogen-bond donors (Lipinski definition) is 0. The lowest BCUT2D eigenvalue weighted by Crippen LogP contribution is -2.45. The van der Waals surface area contributed by atoms with Gasteiger partial charge < -0.3 is 18.8 Å². The molecule has 0 aliphatic carbocycles. The van der Waals surface area contributed by atoms with E-state index in [1.165, 1.54) is 0 Å². The molecule has 0 unspecified atom stereocenters. The summed E-state index contributed by atoms with van der Waals surface area (Å²) < 4.78 is 14.0. The van der Waals surface area contributed by atoms with E-state index in [9.17, 15) is 9.59 Å². The third-order valence-electron chi connectivity index (χ3n) is 6.40. The summed E-state index contributed by atoms with van der Waals surface area (Å²) in [6, 6.07) is 7.92. The number of rotatable bonds is 8. The maximum absolute atomic E-state index is 13.3. The fraction of sp³-hybridized carbons (Fsp3) is 0.370. The van der Waals surface area contributed by atoms with Crippen molar-refractivity contribution < 1.29 is 19.1 Å². The molecule has 7 nitrogen and oxygen atoms in total. The lowest BCUT2D eigenvalue weighted by atomic mass is 9.92. The molecule has 1 fully saturated rings. The molecule has 1 saturated heterocycles. The molecular weight excluding hydrogens is 510 g/mol. The minimum Gasteiger partial charge on any atom is -0.460 e. The van der Waals surface area contributed by atoms with Gasteiger partial charge in [0.25, 0.3) is 5.78 Å². The van der Waals surface area contributed by atoms with Crippen LogP contribution in [0.4, 0.5) is 5.69 Å². The van der Waals surface area contributed by atoms with Crippen molar-refractivity contribution in [1.29, 1.82) is 0 Å². The first-order chi connectivity index (χ1) is 16.8. The second-order valence-corrected chi connectivity index (χ2v) is 9.90. The molecule has 3 aromatic rings. The van der Waals surface area contributed by atoms with Crippen LogP contribution in [0.25, 0.3) is 16.9 Å². The number of benzene rings is 1. The van der Waals surface area contributed by atoms with Gasteiger partial charge in [0.2, 0.25) is 0 Å². The molecule has 0 amide bonds.